The summed E-state index contributed by atoms with van der Waals surface area (Å²) in [7, 11) is 0. The van der Waals surface area contributed by atoms with Crippen LogP contribution >= 0.6 is 0 Å². The molecule has 0 aliphatic carbocycles. The van der Waals surface area contributed by atoms with Crippen LogP contribution < -0.4 is 5.32 Å². The lowest BCUT2D eigenvalue weighted by molar-refractivity contribution is -0.142. The number of carbonyl (C=O) groups is 1. The maximum Gasteiger partial charge on any atom is 0.319 e. The highest BCUT2D eigenvalue weighted by molar-refractivity contribution is 5.71. The molecule has 1 N–H and O–H groups in total. The van der Waals surface area contributed by atoms with Crippen molar-refractivity contribution in [3.63, 3.8) is 0 Å². The van der Waals surface area contributed by atoms with Gasteiger partial charge in [0.2, 0.25) is 0 Å². The molecule has 0 aromatic heterocycles. The van der Waals surface area contributed by atoms with Crippen LogP contribution in [0.25, 0.3) is 0 Å². The van der Waals surface area contributed by atoms with Crippen molar-refractivity contribution < 1.29 is 9.53 Å². The van der Waals surface area contributed by atoms with Crippen LogP contribution in [0.3, 0.4) is 0 Å². The molecule has 0 radical (unpaired) electrons. The van der Waals surface area contributed by atoms with Gasteiger partial charge in [-0.05, 0) is 18.8 Å². The van der Waals surface area contributed by atoms with Gasteiger partial charge in [0.05, 0.1) is 13.2 Å². The lowest BCUT2D eigenvalue weighted by atomic mass is 9.90. The average Bonchev–Trinajstić information content (AvgIpc) is 2.05. The maximum atomic E-state index is 10.9. The van der Waals surface area contributed by atoms with Crippen LogP contribution in [0.1, 0.15) is 34.1 Å². The van der Waals surface area contributed by atoms with Crippen LogP contribution in [-0.4, -0.2) is 25.7 Å². The zero-order valence-corrected chi connectivity index (χ0v) is 9.14. The fourth-order valence-corrected chi connectivity index (χ4v) is 0.840. The van der Waals surface area contributed by atoms with E-state index in [1.807, 2.05) is 6.92 Å². The van der Waals surface area contributed by atoms with Gasteiger partial charge in [-0.3, -0.25) is 4.79 Å². The zero-order valence-electron chi connectivity index (χ0n) is 9.14. The Labute approximate surface area is 80.8 Å². The van der Waals surface area contributed by atoms with E-state index in [9.17, 15) is 4.79 Å². The molecule has 0 rings (SSSR count). The Kier molecular flexibility index (Phi) is 5.71. The molecule has 78 valence electrons. The Morgan fingerprint density at radius 3 is 2.46 bits per heavy atom. The molecular formula is C10H21NO2. The fraction of sp³-hybridized carbons (Fsp3) is 0.900. The first-order valence-corrected chi connectivity index (χ1v) is 4.88. The van der Waals surface area contributed by atoms with Gasteiger partial charge in [-0.25, -0.2) is 0 Å². The van der Waals surface area contributed by atoms with E-state index in [1.54, 1.807) is 0 Å². The summed E-state index contributed by atoms with van der Waals surface area (Å²) < 4.78 is 4.79. The molecule has 0 unspecified atom stereocenters. The van der Waals surface area contributed by atoms with Gasteiger partial charge in [0, 0.05) is 6.54 Å². The quantitative estimate of drug-likeness (QED) is 0.641. The molecule has 0 bridgehead atoms. The molecular weight excluding hydrogens is 166 g/mol. The highest BCUT2D eigenvalue weighted by atomic mass is 16.5. The SMILES string of the molecule is CCOC(=O)CNCC(C)(C)CC. The van der Waals surface area contributed by atoms with E-state index in [2.05, 4.69) is 26.1 Å². The van der Waals surface area contributed by atoms with Crippen molar-refractivity contribution in [1.82, 2.24) is 5.32 Å². The molecule has 0 amide bonds. The Hall–Kier alpha value is -0.570. The smallest absolute Gasteiger partial charge is 0.319 e. The van der Waals surface area contributed by atoms with Crippen LogP contribution in [0.4, 0.5) is 0 Å². The molecule has 3 nitrogen and oxygen atoms in total. The van der Waals surface area contributed by atoms with Crippen molar-refractivity contribution in [2.45, 2.75) is 34.1 Å². The van der Waals surface area contributed by atoms with Crippen LogP contribution in [0, 0.1) is 5.41 Å². The summed E-state index contributed by atoms with van der Waals surface area (Å²) in [6.45, 7) is 9.92. The average molecular weight is 187 g/mol. The minimum Gasteiger partial charge on any atom is -0.465 e. The van der Waals surface area contributed by atoms with Crippen molar-refractivity contribution >= 4 is 5.97 Å². The van der Waals surface area contributed by atoms with E-state index in [0.29, 0.717) is 13.2 Å². The van der Waals surface area contributed by atoms with Gasteiger partial charge in [-0.15, -0.1) is 0 Å². The fourth-order valence-electron chi connectivity index (χ4n) is 0.840. The lowest BCUT2D eigenvalue weighted by Gasteiger charge is -2.22. The minimum atomic E-state index is -0.172. The number of carbonyl (C=O) groups excluding carboxylic acids is 1. The number of hydrogen-bond donors (Lipinski definition) is 1. The van der Waals surface area contributed by atoms with Crippen LogP contribution in [0.15, 0.2) is 0 Å². The molecule has 0 spiro atoms. The summed E-state index contributed by atoms with van der Waals surface area (Å²) in [5.41, 5.74) is 0.256. The number of hydrogen-bond acceptors (Lipinski definition) is 3. The lowest BCUT2D eigenvalue weighted by Crippen LogP contribution is -2.33. The predicted molar refractivity (Wildman–Crippen MR) is 53.6 cm³/mol. The molecule has 0 heterocycles. The highest BCUT2D eigenvalue weighted by Gasteiger charge is 2.14. The van der Waals surface area contributed by atoms with Crippen LogP contribution in [-0.2, 0) is 9.53 Å². The summed E-state index contributed by atoms with van der Waals surface area (Å²) in [6.07, 6.45) is 1.10. The summed E-state index contributed by atoms with van der Waals surface area (Å²) in [6, 6.07) is 0. The molecule has 0 saturated heterocycles. The van der Waals surface area contributed by atoms with Gasteiger partial charge < -0.3 is 10.1 Å². The highest BCUT2D eigenvalue weighted by Crippen LogP contribution is 2.17. The van der Waals surface area contributed by atoms with E-state index >= 15 is 0 Å². The van der Waals surface area contributed by atoms with Crippen LogP contribution in [0.2, 0.25) is 0 Å². The normalized spacial score (nSPS) is 11.4. The second-order valence-electron chi connectivity index (χ2n) is 3.93. The van der Waals surface area contributed by atoms with Gasteiger partial charge in [0.1, 0.15) is 0 Å². The molecule has 0 aliphatic rings. The summed E-state index contributed by atoms with van der Waals surface area (Å²) in [5, 5.41) is 3.09. The number of nitrogens with one attached hydrogen (secondary N) is 1. The second-order valence-corrected chi connectivity index (χ2v) is 3.93. The Morgan fingerprint density at radius 1 is 1.38 bits per heavy atom. The molecule has 0 saturated carbocycles. The number of rotatable bonds is 6. The van der Waals surface area contributed by atoms with E-state index in [-0.39, 0.29) is 11.4 Å². The van der Waals surface area contributed by atoms with Gasteiger partial charge >= 0.3 is 5.97 Å². The van der Waals surface area contributed by atoms with Gasteiger partial charge in [-0.1, -0.05) is 20.8 Å². The Morgan fingerprint density at radius 2 is 2.00 bits per heavy atom. The third-order valence-electron chi connectivity index (χ3n) is 2.14. The first-order chi connectivity index (χ1) is 6.02. The van der Waals surface area contributed by atoms with Crippen molar-refractivity contribution in [2.24, 2.45) is 5.41 Å². The maximum absolute atomic E-state index is 10.9. The van der Waals surface area contributed by atoms with Gasteiger partial charge in [-0.2, -0.15) is 0 Å². The van der Waals surface area contributed by atoms with E-state index in [0.717, 1.165) is 13.0 Å². The molecule has 3 heteroatoms. The molecule has 13 heavy (non-hydrogen) atoms. The first-order valence-electron chi connectivity index (χ1n) is 4.88. The molecule has 0 fully saturated rings. The molecule has 0 atom stereocenters. The zero-order chi connectivity index (χ0) is 10.3. The third kappa shape index (κ3) is 6.58. The topological polar surface area (TPSA) is 38.3 Å². The molecule has 0 aliphatic heterocycles. The Bertz CT molecular complexity index is 155. The summed E-state index contributed by atoms with van der Waals surface area (Å²) in [4.78, 5) is 10.9. The second kappa shape index (κ2) is 5.97. The standard InChI is InChI=1S/C10H21NO2/c1-5-10(3,4)8-11-7-9(12)13-6-2/h11H,5-8H2,1-4H3. The number of ether oxygens (including phenoxy) is 1. The van der Waals surface area contributed by atoms with Gasteiger partial charge in [0.25, 0.3) is 0 Å². The van der Waals surface area contributed by atoms with Crippen molar-refractivity contribution in [2.75, 3.05) is 19.7 Å². The van der Waals surface area contributed by atoms with Crippen molar-refractivity contribution in [1.29, 1.82) is 0 Å². The minimum absolute atomic E-state index is 0.172. The Balaban J connectivity index is 3.50. The van der Waals surface area contributed by atoms with Gasteiger partial charge in [0.15, 0.2) is 0 Å². The van der Waals surface area contributed by atoms with E-state index < -0.39 is 0 Å². The predicted octanol–water partition coefficient (Wildman–Crippen LogP) is 1.58. The van der Waals surface area contributed by atoms with Crippen molar-refractivity contribution in [3.8, 4) is 0 Å². The summed E-state index contributed by atoms with van der Waals surface area (Å²) in [5.74, 6) is -0.172. The van der Waals surface area contributed by atoms with Crippen LogP contribution in [0.5, 0.6) is 0 Å². The largest absolute Gasteiger partial charge is 0.465 e. The molecule has 0 aromatic carbocycles. The first kappa shape index (κ1) is 12.4. The molecule has 0 aromatic rings. The van der Waals surface area contributed by atoms with Crippen molar-refractivity contribution in [3.05, 3.63) is 0 Å². The number of esters is 1. The monoisotopic (exact) mass is 187 g/mol. The van der Waals surface area contributed by atoms with E-state index in [4.69, 9.17) is 4.74 Å². The van der Waals surface area contributed by atoms with E-state index in [1.165, 1.54) is 0 Å². The third-order valence-corrected chi connectivity index (χ3v) is 2.14. The summed E-state index contributed by atoms with van der Waals surface area (Å²) >= 11 is 0.